The van der Waals surface area contributed by atoms with Gasteiger partial charge in [0.25, 0.3) is 0 Å². The minimum atomic E-state index is -1.71. The maximum absolute atomic E-state index is 5.76. The van der Waals surface area contributed by atoms with Crippen molar-refractivity contribution < 1.29 is 0 Å². The Kier molecular flexibility index (Phi) is 11.0. The summed E-state index contributed by atoms with van der Waals surface area (Å²) in [5.74, 6) is 0. The normalized spacial score (nSPS) is 12.7. The monoisotopic (exact) mass is 790 g/mol. The van der Waals surface area contributed by atoms with Crippen LogP contribution in [-0.2, 0) is 21.4 Å². The number of benzene rings is 7. The Labute approximate surface area is 298 Å². The van der Waals surface area contributed by atoms with Crippen molar-refractivity contribution in [1.29, 1.82) is 0 Å². The zero-order valence-corrected chi connectivity index (χ0v) is 31.2. The van der Waals surface area contributed by atoms with E-state index in [9.17, 15) is 0 Å². The summed E-state index contributed by atoms with van der Waals surface area (Å²) in [6.45, 7) is 0. The van der Waals surface area contributed by atoms with Gasteiger partial charge in [0.15, 0.2) is 0 Å². The molecule has 0 aliphatic rings. The quantitative estimate of drug-likeness (QED) is 0.127. The molecule has 0 saturated carbocycles. The number of hydrogen-bond acceptors (Lipinski definition) is 2. The van der Waals surface area contributed by atoms with Crippen LogP contribution in [0.2, 0.25) is 0 Å². The number of nitrogens with zero attached hydrogens (tertiary/aromatic N) is 2. The summed E-state index contributed by atoms with van der Waals surface area (Å²) in [6.07, 6.45) is 0. The molecule has 2 atom stereocenters. The third kappa shape index (κ3) is 7.94. The molecular formula is C42H34N2S2Se2+2. The number of rotatable bonds is 10. The van der Waals surface area contributed by atoms with Gasteiger partial charge in [-0.25, -0.2) is 0 Å². The summed E-state index contributed by atoms with van der Waals surface area (Å²) >= 11 is -3.43. The summed E-state index contributed by atoms with van der Waals surface area (Å²) in [5.41, 5.74) is 0. The molecule has 0 aromatic heterocycles. The minimum absolute atomic E-state index is 0.458. The van der Waals surface area contributed by atoms with Gasteiger partial charge in [-0.3, -0.25) is 0 Å². The van der Waals surface area contributed by atoms with Crippen LogP contribution in [-0.4, -0.2) is 28.2 Å². The molecule has 7 aromatic rings. The Morgan fingerprint density at radius 1 is 0.250 bits per heavy atom. The van der Waals surface area contributed by atoms with Crippen molar-refractivity contribution in [2.45, 2.75) is 19.6 Å². The molecule has 0 bridgehead atoms. The molecule has 0 heterocycles. The zero-order chi connectivity index (χ0) is 32.4. The van der Waals surface area contributed by atoms with Gasteiger partial charge in [-0.05, 0) is 0 Å². The van der Waals surface area contributed by atoms with Gasteiger partial charge in [-0.2, -0.15) is 0 Å². The number of hydrogen-bond donors (Lipinski definition) is 0. The Morgan fingerprint density at radius 2 is 0.458 bits per heavy atom. The Morgan fingerprint density at radius 3 is 0.708 bits per heavy atom. The third-order valence-electron chi connectivity index (χ3n) is 7.37. The van der Waals surface area contributed by atoms with Crippen molar-refractivity contribution in [2.24, 2.45) is 6.76 Å². The van der Waals surface area contributed by atoms with Gasteiger partial charge >= 0.3 is 300 Å². The van der Waals surface area contributed by atoms with E-state index in [0.717, 1.165) is 0 Å². The molecule has 0 amide bonds. The molecule has 234 valence electrons. The Bertz CT molecular complexity index is 1860. The van der Waals surface area contributed by atoms with E-state index in [1.54, 1.807) is 0 Å². The molecule has 0 saturated heterocycles. The van der Waals surface area contributed by atoms with E-state index in [1.165, 1.54) is 37.4 Å². The molecule has 7 rings (SSSR count). The maximum atomic E-state index is 5.76. The molecule has 0 aliphatic heterocycles. The Hall–Kier alpha value is -4.12. The summed E-state index contributed by atoms with van der Waals surface area (Å²) in [5, 5.41) is 0. The molecule has 0 unspecified atom stereocenters. The van der Waals surface area contributed by atoms with Gasteiger partial charge in [0.05, 0.1) is 0 Å². The molecule has 7 aromatic carbocycles. The summed E-state index contributed by atoms with van der Waals surface area (Å²) in [6, 6.07) is 74.1. The standard InChI is InChI=1S/C42H34N2S2Se2/c1-7-19-35(20-8-1)45(43-47(39-23-11-3-12-24-39)40-25-13-4-14-26-40)37-31-33-38(34-32-37)46(36-21-9-2-10-22-36)44-48(41-27-15-5-16-28-41)42-29-17-6-18-30-42/h1-34H/q+2/t45-,46+. The first-order valence-electron chi connectivity index (χ1n) is 15.6. The first kappa shape index (κ1) is 32.4. The zero-order valence-electron chi connectivity index (χ0n) is 26.2. The molecule has 0 fully saturated rings. The molecule has 6 heteroatoms. The predicted octanol–water partition coefficient (Wildman–Crippen LogP) is 7.74. The van der Waals surface area contributed by atoms with Crippen molar-refractivity contribution in [3.8, 4) is 0 Å². The fourth-order valence-corrected chi connectivity index (χ4v) is 19.0. The second kappa shape index (κ2) is 16.3. The van der Waals surface area contributed by atoms with Crippen LogP contribution in [0.3, 0.4) is 0 Å². The molecule has 0 spiro atoms. The van der Waals surface area contributed by atoms with Crippen LogP contribution < -0.4 is 17.8 Å². The average Bonchev–Trinajstić information content (AvgIpc) is 3.18. The summed E-state index contributed by atoms with van der Waals surface area (Å²) in [4.78, 5) is 4.91. The second-order valence-corrected chi connectivity index (χ2v) is 22.2. The topological polar surface area (TPSA) is 24.7 Å². The van der Waals surface area contributed by atoms with Crippen LogP contribution in [0, 0.1) is 0 Å². The SMILES string of the molecule is c1ccc(/[S@@](=N/[Se+](c2ccccc2)c2ccccc2)c2ccc(/[S@@](=N\[Se+](c3ccccc3)c3ccccc3)c3ccccc3)cc2)cc1. The van der Waals surface area contributed by atoms with Gasteiger partial charge in [0.1, 0.15) is 0 Å². The van der Waals surface area contributed by atoms with E-state index in [2.05, 4.69) is 206 Å². The molecule has 0 radical (unpaired) electrons. The van der Waals surface area contributed by atoms with E-state index in [1.807, 2.05) is 0 Å². The summed E-state index contributed by atoms with van der Waals surface area (Å²) < 4.78 is 16.8. The van der Waals surface area contributed by atoms with Crippen molar-refractivity contribution in [3.05, 3.63) is 206 Å². The van der Waals surface area contributed by atoms with Crippen LogP contribution in [0.15, 0.2) is 233 Å². The van der Waals surface area contributed by atoms with Crippen molar-refractivity contribution in [2.75, 3.05) is 0 Å². The fourth-order valence-electron chi connectivity index (χ4n) is 5.03. The van der Waals surface area contributed by atoms with Gasteiger partial charge < -0.3 is 0 Å². The second-order valence-electron chi connectivity index (χ2n) is 10.6. The summed E-state index contributed by atoms with van der Waals surface area (Å²) in [7, 11) is -0.915. The van der Waals surface area contributed by atoms with Crippen LogP contribution in [0.1, 0.15) is 0 Å². The van der Waals surface area contributed by atoms with Crippen LogP contribution in [0.25, 0.3) is 0 Å². The van der Waals surface area contributed by atoms with E-state index < -0.39 is 49.6 Å². The van der Waals surface area contributed by atoms with E-state index in [0.29, 0.717) is 0 Å². The first-order valence-corrected chi connectivity index (χ1v) is 23.0. The van der Waals surface area contributed by atoms with Gasteiger partial charge in [0, 0.05) is 0 Å². The average molecular weight is 789 g/mol. The molecule has 2 nitrogen and oxygen atoms in total. The Balaban J connectivity index is 1.35. The van der Waals surface area contributed by atoms with E-state index in [-0.39, 0.29) is 0 Å². The van der Waals surface area contributed by atoms with Crippen molar-refractivity contribution in [1.82, 2.24) is 0 Å². The van der Waals surface area contributed by atoms with Crippen LogP contribution in [0.4, 0.5) is 0 Å². The molecule has 0 N–H and O–H groups in total. The first-order chi connectivity index (χ1) is 23.8. The van der Waals surface area contributed by atoms with Crippen molar-refractivity contribution in [3.63, 3.8) is 0 Å². The fraction of sp³-hybridized carbons (Fsp3) is 0. The van der Waals surface area contributed by atoms with Crippen LogP contribution >= 0.6 is 0 Å². The van der Waals surface area contributed by atoms with Gasteiger partial charge in [-0.15, -0.1) is 0 Å². The van der Waals surface area contributed by atoms with E-state index >= 15 is 0 Å². The molecule has 0 aliphatic carbocycles. The predicted molar refractivity (Wildman–Crippen MR) is 208 cm³/mol. The molecular weight excluding hydrogens is 755 g/mol. The van der Waals surface area contributed by atoms with Gasteiger partial charge in [-0.1, -0.05) is 0 Å². The van der Waals surface area contributed by atoms with E-state index in [4.69, 9.17) is 6.76 Å². The third-order valence-corrected chi connectivity index (χ3v) is 20.6. The molecule has 48 heavy (non-hydrogen) atoms. The van der Waals surface area contributed by atoms with Gasteiger partial charge in [0.2, 0.25) is 0 Å². The van der Waals surface area contributed by atoms with Crippen LogP contribution in [0.5, 0.6) is 0 Å². The van der Waals surface area contributed by atoms with Crippen molar-refractivity contribution >= 4 is 67.5 Å².